The largest absolute Gasteiger partial charge is 0.466 e. The molecule has 0 radical (unpaired) electrons. The minimum Gasteiger partial charge on any atom is -0.466 e. The van der Waals surface area contributed by atoms with Gasteiger partial charge in [-0.25, -0.2) is 0 Å². The summed E-state index contributed by atoms with van der Waals surface area (Å²) < 4.78 is 7.19. The van der Waals surface area contributed by atoms with Crippen molar-refractivity contribution < 1.29 is 9.53 Å². The Hall–Kier alpha value is -1.29. The van der Waals surface area contributed by atoms with E-state index < -0.39 is 0 Å². The van der Waals surface area contributed by atoms with E-state index in [1.165, 1.54) is 5.69 Å². The maximum absolute atomic E-state index is 11.2. The molecule has 1 unspecified atom stereocenters. The normalized spacial score (nSPS) is 12.4. The van der Waals surface area contributed by atoms with E-state index in [2.05, 4.69) is 35.1 Å². The summed E-state index contributed by atoms with van der Waals surface area (Å²) in [5.41, 5.74) is 1.31. The molecule has 0 aliphatic heterocycles. The van der Waals surface area contributed by atoms with E-state index in [-0.39, 0.29) is 5.97 Å². The molecule has 1 heterocycles. The fourth-order valence-corrected chi connectivity index (χ4v) is 2.13. The van der Waals surface area contributed by atoms with Gasteiger partial charge in [0.2, 0.25) is 0 Å². The fourth-order valence-electron chi connectivity index (χ4n) is 2.13. The average molecular weight is 266 g/mol. The molecule has 0 saturated heterocycles. The molecule has 4 heteroatoms. The summed E-state index contributed by atoms with van der Waals surface area (Å²) in [5, 5.41) is 3.26. The monoisotopic (exact) mass is 266 g/mol. The molecular weight excluding hydrogens is 240 g/mol. The van der Waals surface area contributed by atoms with Gasteiger partial charge in [0.25, 0.3) is 0 Å². The van der Waals surface area contributed by atoms with Gasteiger partial charge in [-0.3, -0.25) is 4.79 Å². The van der Waals surface area contributed by atoms with Crippen molar-refractivity contribution in [3.63, 3.8) is 0 Å². The Labute approximate surface area is 116 Å². The quantitative estimate of drug-likeness (QED) is 0.552. The highest BCUT2D eigenvalue weighted by Crippen LogP contribution is 2.14. The van der Waals surface area contributed by atoms with E-state index in [9.17, 15) is 4.79 Å². The van der Waals surface area contributed by atoms with E-state index in [4.69, 9.17) is 4.74 Å². The molecule has 1 N–H and O–H groups in total. The summed E-state index contributed by atoms with van der Waals surface area (Å²) in [6.07, 6.45) is 5.73. The Morgan fingerprint density at radius 3 is 2.89 bits per heavy atom. The minimum absolute atomic E-state index is 0.0760. The summed E-state index contributed by atoms with van der Waals surface area (Å²) in [6, 6.07) is 4.61. The Bertz CT molecular complexity index is 374. The Morgan fingerprint density at radius 1 is 1.42 bits per heavy atom. The summed E-state index contributed by atoms with van der Waals surface area (Å²) in [7, 11) is 1.97. The maximum atomic E-state index is 11.2. The Balaban J connectivity index is 2.23. The lowest BCUT2D eigenvalue weighted by Gasteiger charge is -2.14. The smallest absolute Gasteiger partial charge is 0.305 e. The number of hydrogen-bond donors (Lipinski definition) is 1. The second kappa shape index (κ2) is 8.75. The van der Waals surface area contributed by atoms with Gasteiger partial charge in [-0.05, 0) is 45.9 Å². The first kappa shape index (κ1) is 15.8. The van der Waals surface area contributed by atoms with E-state index in [1.54, 1.807) is 0 Å². The lowest BCUT2D eigenvalue weighted by Crippen LogP contribution is -2.16. The molecule has 0 aromatic carbocycles. The molecule has 0 fully saturated rings. The first-order valence-electron chi connectivity index (χ1n) is 7.17. The van der Waals surface area contributed by atoms with Crippen LogP contribution >= 0.6 is 0 Å². The summed E-state index contributed by atoms with van der Waals surface area (Å²) in [6.45, 7) is 5.49. The molecule has 0 amide bonds. The molecule has 108 valence electrons. The molecule has 0 saturated carbocycles. The van der Waals surface area contributed by atoms with Crippen LogP contribution in [0.5, 0.6) is 0 Å². The van der Waals surface area contributed by atoms with Crippen LogP contribution in [0.15, 0.2) is 18.3 Å². The predicted molar refractivity (Wildman–Crippen MR) is 77.0 cm³/mol. The van der Waals surface area contributed by atoms with E-state index in [0.29, 0.717) is 19.1 Å². The number of nitrogens with one attached hydrogen (secondary N) is 1. The number of unbranched alkanes of at least 4 members (excludes halogenated alkanes) is 2. The zero-order chi connectivity index (χ0) is 14.1. The van der Waals surface area contributed by atoms with Crippen LogP contribution < -0.4 is 5.32 Å². The van der Waals surface area contributed by atoms with E-state index in [1.807, 2.05) is 14.0 Å². The fraction of sp³-hybridized carbons (Fsp3) is 0.667. The Morgan fingerprint density at radius 2 is 2.21 bits per heavy atom. The van der Waals surface area contributed by atoms with Gasteiger partial charge in [0.05, 0.1) is 6.61 Å². The summed E-state index contributed by atoms with van der Waals surface area (Å²) >= 11 is 0. The van der Waals surface area contributed by atoms with Gasteiger partial charge in [0.15, 0.2) is 0 Å². The van der Waals surface area contributed by atoms with Crippen LogP contribution in [0.25, 0.3) is 0 Å². The molecule has 1 aromatic rings. The lowest BCUT2D eigenvalue weighted by molar-refractivity contribution is -0.143. The van der Waals surface area contributed by atoms with E-state index in [0.717, 1.165) is 25.8 Å². The highest BCUT2D eigenvalue weighted by atomic mass is 16.5. The first-order valence-corrected chi connectivity index (χ1v) is 7.17. The van der Waals surface area contributed by atoms with Crippen LogP contribution in [0.1, 0.15) is 51.3 Å². The molecule has 0 aliphatic carbocycles. The molecular formula is C15H26N2O2. The van der Waals surface area contributed by atoms with Crippen molar-refractivity contribution in [2.45, 2.75) is 52.1 Å². The molecule has 19 heavy (non-hydrogen) atoms. The van der Waals surface area contributed by atoms with Gasteiger partial charge in [-0.1, -0.05) is 6.42 Å². The number of nitrogens with zero attached hydrogens (tertiary/aromatic N) is 1. The van der Waals surface area contributed by atoms with Gasteiger partial charge in [-0.15, -0.1) is 0 Å². The maximum Gasteiger partial charge on any atom is 0.305 e. The predicted octanol–water partition coefficient (Wildman–Crippen LogP) is 2.89. The van der Waals surface area contributed by atoms with Crippen LogP contribution in [0.2, 0.25) is 0 Å². The lowest BCUT2D eigenvalue weighted by atomic mass is 10.2. The van der Waals surface area contributed by atoms with Crippen LogP contribution in [0.3, 0.4) is 0 Å². The third-order valence-electron chi connectivity index (χ3n) is 3.33. The number of hydrogen-bond acceptors (Lipinski definition) is 3. The first-order chi connectivity index (χ1) is 9.19. The molecule has 0 aliphatic rings. The zero-order valence-corrected chi connectivity index (χ0v) is 12.3. The van der Waals surface area contributed by atoms with Crippen LogP contribution in [0, 0.1) is 0 Å². The number of aromatic nitrogens is 1. The molecule has 4 nitrogen and oxygen atoms in total. The van der Waals surface area contributed by atoms with Crippen molar-refractivity contribution in [2.24, 2.45) is 0 Å². The van der Waals surface area contributed by atoms with Crippen LogP contribution in [-0.4, -0.2) is 24.2 Å². The van der Waals surface area contributed by atoms with Gasteiger partial charge >= 0.3 is 5.97 Å². The number of ether oxygens (including phenoxy) is 1. The molecule has 0 spiro atoms. The highest BCUT2D eigenvalue weighted by molar-refractivity contribution is 5.69. The third kappa shape index (κ3) is 5.47. The molecule has 1 rings (SSSR count). The SMILES string of the molecule is CCOC(=O)CCCCCn1cccc1C(C)NC. The van der Waals surface area contributed by atoms with Crippen molar-refractivity contribution in [2.75, 3.05) is 13.7 Å². The van der Waals surface area contributed by atoms with Crippen molar-refractivity contribution in [3.8, 4) is 0 Å². The van der Waals surface area contributed by atoms with Crippen LogP contribution in [-0.2, 0) is 16.1 Å². The number of esters is 1. The molecule has 1 aromatic heterocycles. The topological polar surface area (TPSA) is 43.3 Å². The number of carbonyl (C=O) groups excluding carboxylic acids is 1. The number of carbonyl (C=O) groups is 1. The summed E-state index contributed by atoms with van der Waals surface area (Å²) in [5.74, 6) is -0.0760. The second-order valence-corrected chi connectivity index (χ2v) is 4.75. The number of rotatable bonds is 9. The van der Waals surface area contributed by atoms with Crippen LogP contribution in [0.4, 0.5) is 0 Å². The highest BCUT2D eigenvalue weighted by Gasteiger charge is 2.07. The van der Waals surface area contributed by atoms with Crippen molar-refractivity contribution >= 4 is 5.97 Å². The van der Waals surface area contributed by atoms with Gasteiger partial charge in [0.1, 0.15) is 0 Å². The van der Waals surface area contributed by atoms with Crippen molar-refractivity contribution in [1.82, 2.24) is 9.88 Å². The van der Waals surface area contributed by atoms with Gasteiger partial charge in [-0.2, -0.15) is 0 Å². The van der Waals surface area contributed by atoms with Gasteiger partial charge in [0, 0.05) is 30.9 Å². The summed E-state index contributed by atoms with van der Waals surface area (Å²) in [4.78, 5) is 11.2. The third-order valence-corrected chi connectivity index (χ3v) is 3.33. The second-order valence-electron chi connectivity index (χ2n) is 4.75. The molecule has 0 bridgehead atoms. The van der Waals surface area contributed by atoms with E-state index >= 15 is 0 Å². The zero-order valence-electron chi connectivity index (χ0n) is 12.3. The number of aryl methyl sites for hydroxylation is 1. The average Bonchev–Trinajstić information content (AvgIpc) is 2.86. The Kier molecular flexibility index (Phi) is 7.26. The van der Waals surface area contributed by atoms with Crippen molar-refractivity contribution in [3.05, 3.63) is 24.0 Å². The minimum atomic E-state index is -0.0760. The standard InChI is InChI=1S/C15H26N2O2/c1-4-19-15(18)10-6-5-7-11-17-12-8-9-14(17)13(2)16-3/h8-9,12-13,16H,4-7,10-11H2,1-3H3. The van der Waals surface area contributed by atoms with Gasteiger partial charge < -0.3 is 14.6 Å². The van der Waals surface area contributed by atoms with Crippen molar-refractivity contribution in [1.29, 1.82) is 0 Å². The molecule has 1 atom stereocenters.